The molecule has 0 aliphatic heterocycles. The van der Waals surface area contributed by atoms with E-state index in [1.54, 1.807) is 0 Å². The number of hydrogen-bond acceptors (Lipinski definition) is 7. The van der Waals surface area contributed by atoms with Crippen LogP contribution in [0.1, 0.15) is 239 Å². The van der Waals surface area contributed by atoms with Gasteiger partial charge in [0.2, 0.25) is 5.91 Å². The molecule has 0 aromatic carbocycles. The van der Waals surface area contributed by atoms with Gasteiger partial charge in [-0.05, 0) is 89.5 Å². The summed E-state index contributed by atoms with van der Waals surface area (Å²) in [5.41, 5.74) is 0. The van der Waals surface area contributed by atoms with Gasteiger partial charge in [0.25, 0.3) is 7.82 Å². The van der Waals surface area contributed by atoms with Crippen LogP contribution < -0.4 is 10.2 Å². The topological polar surface area (TPSA) is 114 Å². The van der Waals surface area contributed by atoms with Crippen molar-refractivity contribution in [2.45, 2.75) is 251 Å². The van der Waals surface area contributed by atoms with Crippen molar-refractivity contribution in [2.24, 2.45) is 0 Å². The molecular formula is C57H105N2O7P. The van der Waals surface area contributed by atoms with Gasteiger partial charge < -0.3 is 28.5 Å². The number of amides is 1. The molecule has 0 aliphatic carbocycles. The highest BCUT2D eigenvalue weighted by molar-refractivity contribution is 7.45. The molecule has 0 saturated carbocycles. The van der Waals surface area contributed by atoms with Crippen LogP contribution in [-0.2, 0) is 27.9 Å². The second-order valence-corrected chi connectivity index (χ2v) is 21.1. The highest BCUT2D eigenvalue weighted by Crippen LogP contribution is 2.38. The number of carbonyl (C=O) groups is 2. The molecule has 0 radical (unpaired) electrons. The lowest BCUT2D eigenvalue weighted by atomic mass is 10.0. The van der Waals surface area contributed by atoms with Crippen LogP contribution in [0.15, 0.2) is 60.8 Å². The molecule has 0 bridgehead atoms. The number of rotatable bonds is 49. The molecule has 1 N–H and O–H groups in total. The minimum absolute atomic E-state index is 0.0287. The van der Waals surface area contributed by atoms with Crippen molar-refractivity contribution in [3.63, 3.8) is 0 Å². The lowest BCUT2D eigenvalue weighted by Crippen LogP contribution is -2.47. The van der Waals surface area contributed by atoms with Crippen molar-refractivity contribution < 1.29 is 37.3 Å². The van der Waals surface area contributed by atoms with Crippen LogP contribution >= 0.6 is 7.82 Å². The van der Waals surface area contributed by atoms with E-state index in [0.29, 0.717) is 23.9 Å². The van der Waals surface area contributed by atoms with Crippen molar-refractivity contribution in [2.75, 3.05) is 40.9 Å². The molecule has 0 saturated heterocycles. The summed E-state index contributed by atoms with van der Waals surface area (Å²) < 4.78 is 30.2. The number of phosphoric acid groups is 1. The maximum atomic E-state index is 13.4. The monoisotopic (exact) mass is 961 g/mol. The molecule has 1 amide bonds. The van der Waals surface area contributed by atoms with E-state index < -0.39 is 26.6 Å². The predicted octanol–water partition coefficient (Wildman–Crippen LogP) is 15.7. The molecule has 0 rings (SSSR count). The van der Waals surface area contributed by atoms with Gasteiger partial charge in [-0.25, -0.2) is 0 Å². The van der Waals surface area contributed by atoms with E-state index in [2.05, 4.69) is 74.7 Å². The Hall–Kier alpha value is -2.29. The first kappa shape index (κ1) is 64.7. The Kier molecular flexibility index (Phi) is 45.8. The summed E-state index contributed by atoms with van der Waals surface area (Å²) in [7, 11) is 1.16. The molecule has 0 fully saturated rings. The van der Waals surface area contributed by atoms with Crippen LogP contribution in [0.2, 0.25) is 0 Å². The molecule has 3 atom stereocenters. The number of carbonyl (C=O) groups excluding carboxylic acids is 2. The van der Waals surface area contributed by atoms with Gasteiger partial charge >= 0.3 is 5.97 Å². The fourth-order valence-electron chi connectivity index (χ4n) is 7.65. The van der Waals surface area contributed by atoms with Crippen LogP contribution in [0.4, 0.5) is 0 Å². The SMILES string of the molecule is CC/C=C/C/C=C/C/C=C/CCCCCCCCC(=O)NC(COP(=O)([O-])OCC[N+](C)(C)C)C(/C=C/CCCCCCCCCCCC)OC(=O)CCCCC/C=C\CCCCCCCC. The first-order chi connectivity index (χ1) is 32.4. The Balaban J connectivity index is 5.42. The van der Waals surface area contributed by atoms with E-state index in [1.807, 2.05) is 33.3 Å². The maximum absolute atomic E-state index is 13.4. The minimum atomic E-state index is -4.70. The lowest BCUT2D eigenvalue weighted by Gasteiger charge is -2.30. The molecule has 10 heteroatoms. The van der Waals surface area contributed by atoms with Crippen molar-refractivity contribution in [3.8, 4) is 0 Å². The maximum Gasteiger partial charge on any atom is 0.306 e. The van der Waals surface area contributed by atoms with Crippen LogP contribution in [-0.4, -0.2) is 69.4 Å². The molecule has 0 aromatic heterocycles. The van der Waals surface area contributed by atoms with E-state index >= 15 is 0 Å². The number of nitrogens with one attached hydrogen (secondary N) is 1. The third-order valence-corrected chi connectivity index (χ3v) is 12.9. The molecule has 0 aliphatic rings. The van der Waals surface area contributed by atoms with Gasteiger partial charge in [0.05, 0.1) is 33.8 Å². The number of ether oxygens (including phenoxy) is 1. The average molecular weight is 961 g/mol. The van der Waals surface area contributed by atoms with E-state index in [0.717, 1.165) is 109 Å². The number of esters is 1. The van der Waals surface area contributed by atoms with Crippen molar-refractivity contribution >= 4 is 19.7 Å². The second kappa shape index (κ2) is 47.4. The summed E-state index contributed by atoms with van der Waals surface area (Å²) in [6, 6.07) is -0.900. The molecule has 0 heterocycles. The Morgan fingerprint density at radius 2 is 0.955 bits per heavy atom. The molecule has 0 spiro atoms. The normalized spacial score (nSPS) is 14.3. The number of quaternary nitrogens is 1. The fraction of sp³-hybridized carbons (Fsp3) is 0.789. The number of allylic oxidation sites excluding steroid dienone is 9. The van der Waals surface area contributed by atoms with Gasteiger partial charge in [0.1, 0.15) is 19.3 Å². The standard InChI is InChI=1S/C57H105N2O7P/c1-7-10-13-16-19-22-25-28-29-30-32-34-37-40-43-46-49-56(60)58-54(53-65-67(62,63)64-52-51-59(4,5)6)55(48-45-42-39-36-33-27-24-21-18-15-12-9-3)66-57(61)50-47-44-41-38-35-31-26-23-20-17-14-11-8-2/h10,13,19,22,28-29,31,35,45,48,54-55H,7-9,11-12,14-18,20-21,23-27,30,32-34,36-44,46-47,49-53H2,1-6H3,(H-,58,60,62,63)/b13-10+,22-19+,29-28+,35-31-,48-45+. The molecule has 67 heavy (non-hydrogen) atoms. The zero-order valence-corrected chi connectivity index (χ0v) is 45.2. The van der Waals surface area contributed by atoms with Gasteiger partial charge in [-0.2, -0.15) is 0 Å². The fourth-order valence-corrected chi connectivity index (χ4v) is 8.37. The largest absolute Gasteiger partial charge is 0.756 e. The minimum Gasteiger partial charge on any atom is -0.756 e. The van der Waals surface area contributed by atoms with Crippen LogP contribution in [0.25, 0.3) is 0 Å². The lowest BCUT2D eigenvalue weighted by molar-refractivity contribution is -0.870. The summed E-state index contributed by atoms with van der Waals surface area (Å²) >= 11 is 0. The summed E-state index contributed by atoms with van der Waals surface area (Å²) in [4.78, 5) is 39.7. The number of likely N-dealkylation sites (N-methyl/N-ethyl adjacent to an activating group) is 1. The summed E-state index contributed by atoms with van der Waals surface area (Å²) in [6.45, 7) is 6.69. The van der Waals surface area contributed by atoms with E-state index in [-0.39, 0.29) is 24.9 Å². The Bertz CT molecular complexity index is 1340. The van der Waals surface area contributed by atoms with Gasteiger partial charge in [-0.15, -0.1) is 0 Å². The highest BCUT2D eigenvalue weighted by Gasteiger charge is 2.27. The number of phosphoric ester groups is 1. The average Bonchev–Trinajstić information content (AvgIpc) is 3.28. The quantitative estimate of drug-likeness (QED) is 0.0212. The third-order valence-electron chi connectivity index (χ3n) is 11.9. The Labute approximate surface area is 413 Å². The summed E-state index contributed by atoms with van der Waals surface area (Å²) in [5.74, 6) is -0.576. The van der Waals surface area contributed by atoms with Gasteiger partial charge in [0, 0.05) is 12.8 Å². The zero-order valence-electron chi connectivity index (χ0n) is 44.3. The van der Waals surface area contributed by atoms with Crippen molar-refractivity contribution in [1.29, 1.82) is 0 Å². The highest BCUT2D eigenvalue weighted by atomic mass is 31.2. The predicted molar refractivity (Wildman–Crippen MR) is 284 cm³/mol. The first-order valence-corrected chi connectivity index (χ1v) is 29.1. The zero-order chi connectivity index (χ0) is 49.4. The second-order valence-electron chi connectivity index (χ2n) is 19.7. The molecule has 0 aromatic rings. The van der Waals surface area contributed by atoms with Crippen molar-refractivity contribution in [3.05, 3.63) is 60.8 Å². The van der Waals surface area contributed by atoms with Gasteiger partial charge in [-0.1, -0.05) is 197 Å². The molecule has 9 nitrogen and oxygen atoms in total. The molecule has 3 unspecified atom stereocenters. The number of hydrogen-bond donors (Lipinski definition) is 1. The first-order valence-electron chi connectivity index (χ1n) is 27.6. The van der Waals surface area contributed by atoms with Gasteiger partial charge in [-0.3, -0.25) is 14.2 Å². The number of nitrogens with zero attached hydrogens (tertiary/aromatic N) is 1. The van der Waals surface area contributed by atoms with E-state index in [4.69, 9.17) is 13.8 Å². The summed E-state index contributed by atoms with van der Waals surface area (Å²) in [5, 5.41) is 3.00. The molecular weight excluding hydrogens is 856 g/mol. The number of unbranched alkanes of at least 4 members (excludes halogenated alkanes) is 25. The van der Waals surface area contributed by atoms with Crippen LogP contribution in [0, 0.1) is 0 Å². The smallest absolute Gasteiger partial charge is 0.306 e. The third kappa shape index (κ3) is 48.5. The van der Waals surface area contributed by atoms with Crippen molar-refractivity contribution in [1.82, 2.24) is 5.32 Å². The Morgan fingerprint density at radius 1 is 0.537 bits per heavy atom. The van der Waals surface area contributed by atoms with E-state index in [1.165, 1.54) is 89.9 Å². The Morgan fingerprint density at radius 3 is 1.46 bits per heavy atom. The van der Waals surface area contributed by atoms with E-state index in [9.17, 15) is 19.0 Å². The molecule has 390 valence electrons. The summed E-state index contributed by atoms with van der Waals surface area (Å²) in [6.07, 6.45) is 57.5. The van der Waals surface area contributed by atoms with Crippen LogP contribution in [0.5, 0.6) is 0 Å². The van der Waals surface area contributed by atoms with Gasteiger partial charge in [0.15, 0.2) is 0 Å². The van der Waals surface area contributed by atoms with Crippen LogP contribution in [0.3, 0.4) is 0 Å².